The Morgan fingerprint density at radius 1 is 1.07 bits per heavy atom. The zero-order valence-corrected chi connectivity index (χ0v) is 17.5. The molecule has 0 aromatic rings. The second kappa shape index (κ2) is 6.36. The standard InChI is InChI=1S/C21H35N3O3/c1-6-22(7-2)18(25)17-15-10-23(11-16(15)17)14-8-21(9-14)12-24(13-21)19(26)27-20(3,4)5/h14-17H,6-13H2,1-5H3. The number of carbonyl (C=O) groups excluding carboxylic acids is 2. The van der Waals surface area contributed by atoms with Gasteiger partial charge in [0.15, 0.2) is 0 Å². The molecule has 2 amide bonds. The van der Waals surface area contributed by atoms with Crippen LogP contribution in [0.1, 0.15) is 47.5 Å². The van der Waals surface area contributed by atoms with Gasteiger partial charge in [-0.2, -0.15) is 0 Å². The SMILES string of the molecule is CCN(CC)C(=O)C1C2CN(C3CC4(C3)CN(C(=O)OC(C)(C)C)C4)CC21. The van der Waals surface area contributed by atoms with E-state index >= 15 is 0 Å². The molecule has 6 heteroatoms. The van der Waals surface area contributed by atoms with Crippen molar-refractivity contribution >= 4 is 12.0 Å². The van der Waals surface area contributed by atoms with E-state index in [9.17, 15) is 9.59 Å². The van der Waals surface area contributed by atoms with Crippen molar-refractivity contribution < 1.29 is 14.3 Å². The Bertz CT molecular complexity index is 599. The number of ether oxygens (including phenoxy) is 1. The minimum absolute atomic E-state index is 0.170. The van der Waals surface area contributed by atoms with Crippen LogP contribution in [0.15, 0.2) is 0 Å². The maximum Gasteiger partial charge on any atom is 0.410 e. The highest BCUT2D eigenvalue weighted by Gasteiger charge is 2.63. The Balaban J connectivity index is 1.19. The van der Waals surface area contributed by atoms with Gasteiger partial charge >= 0.3 is 6.09 Å². The molecule has 0 aromatic carbocycles. The van der Waals surface area contributed by atoms with Gasteiger partial charge in [-0.05, 0) is 59.3 Å². The predicted octanol–water partition coefficient (Wildman–Crippen LogP) is 2.43. The maximum atomic E-state index is 12.6. The van der Waals surface area contributed by atoms with Crippen molar-refractivity contribution in [2.45, 2.75) is 59.1 Å². The number of hydrogen-bond acceptors (Lipinski definition) is 4. The van der Waals surface area contributed by atoms with Crippen LogP contribution in [0.4, 0.5) is 4.79 Å². The van der Waals surface area contributed by atoms with Crippen LogP contribution in [0.3, 0.4) is 0 Å². The summed E-state index contributed by atoms with van der Waals surface area (Å²) in [6, 6.07) is 0.655. The summed E-state index contributed by atoms with van der Waals surface area (Å²) >= 11 is 0. The largest absolute Gasteiger partial charge is 0.444 e. The zero-order valence-electron chi connectivity index (χ0n) is 17.5. The molecule has 2 saturated heterocycles. The Morgan fingerprint density at radius 3 is 2.11 bits per heavy atom. The molecule has 0 radical (unpaired) electrons. The van der Waals surface area contributed by atoms with E-state index in [2.05, 4.69) is 18.7 Å². The van der Waals surface area contributed by atoms with Crippen LogP contribution >= 0.6 is 0 Å². The van der Waals surface area contributed by atoms with E-state index in [0.717, 1.165) is 39.3 Å². The number of fused-ring (bicyclic) bond motifs is 1. The molecule has 2 aliphatic heterocycles. The first kappa shape index (κ1) is 19.0. The van der Waals surface area contributed by atoms with E-state index in [-0.39, 0.29) is 6.09 Å². The molecule has 2 heterocycles. The minimum Gasteiger partial charge on any atom is -0.444 e. The number of amides is 2. The van der Waals surface area contributed by atoms with Crippen LogP contribution < -0.4 is 0 Å². The summed E-state index contributed by atoms with van der Waals surface area (Å²) < 4.78 is 5.46. The number of hydrogen-bond donors (Lipinski definition) is 0. The fraction of sp³-hybridized carbons (Fsp3) is 0.905. The predicted molar refractivity (Wildman–Crippen MR) is 103 cm³/mol. The van der Waals surface area contributed by atoms with Gasteiger partial charge in [-0.15, -0.1) is 0 Å². The second-order valence-corrected chi connectivity index (χ2v) is 10.2. The van der Waals surface area contributed by atoms with Gasteiger partial charge in [0.1, 0.15) is 5.60 Å². The van der Waals surface area contributed by atoms with Crippen LogP contribution in [-0.2, 0) is 9.53 Å². The highest BCUT2D eigenvalue weighted by molar-refractivity contribution is 5.82. The topological polar surface area (TPSA) is 53.1 Å². The lowest BCUT2D eigenvalue weighted by atomic mass is 9.60. The van der Waals surface area contributed by atoms with E-state index in [0.29, 0.717) is 35.1 Å². The third kappa shape index (κ3) is 3.34. The molecule has 2 saturated carbocycles. The number of carbonyl (C=O) groups is 2. The van der Waals surface area contributed by atoms with Crippen molar-refractivity contribution in [1.82, 2.24) is 14.7 Å². The Kier molecular flexibility index (Phi) is 4.48. The molecule has 4 fully saturated rings. The Morgan fingerprint density at radius 2 is 1.63 bits per heavy atom. The van der Waals surface area contributed by atoms with Crippen LogP contribution in [0.25, 0.3) is 0 Å². The van der Waals surface area contributed by atoms with Gasteiger partial charge in [0.25, 0.3) is 0 Å². The quantitative estimate of drug-likeness (QED) is 0.755. The van der Waals surface area contributed by atoms with Crippen molar-refractivity contribution in [3.63, 3.8) is 0 Å². The second-order valence-electron chi connectivity index (χ2n) is 10.2. The molecule has 0 bridgehead atoms. The summed E-state index contributed by atoms with van der Waals surface area (Å²) in [7, 11) is 0. The van der Waals surface area contributed by atoms with Crippen molar-refractivity contribution in [1.29, 1.82) is 0 Å². The lowest BCUT2D eigenvalue weighted by Crippen LogP contribution is -2.67. The third-order valence-corrected chi connectivity index (χ3v) is 7.14. The highest BCUT2D eigenvalue weighted by Crippen LogP contribution is 2.57. The average molecular weight is 378 g/mol. The first-order valence-corrected chi connectivity index (χ1v) is 10.7. The first-order chi connectivity index (χ1) is 12.7. The van der Waals surface area contributed by atoms with Crippen LogP contribution in [-0.4, -0.2) is 77.6 Å². The lowest BCUT2D eigenvalue weighted by molar-refractivity contribution is -0.134. The van der Waals surface area contributed by atoms with E-state index in [1.165, 1.54) is 12.8 Å². The number of rotatable bonds is 4. The summed E-state index contributed by atoms with van der Waals surface area (Å²) in [5, 5.41) is 0. The monoisotopic (exact) mass is 377 g/mol. The van der Waals surface area contributed by atoms with E-state index < -0.39 is 5.60 Å². The Labute approximate surface area is 163 Å². The van der Waals surface area contributed by atoms with Gasteiger partial charge in [-0.1, -0.05) is 0 Å². The first-order valence-electron chi connectivity index (χ1n) is 10.7. The molecule has 152 valence electrons. The van der Waals surface area contributed by atoms with Gasteiger partial charge in [0, 0.05) is 56.6 Å². The van der Waals surface area contributed by atoms with Crippen LogP contribution in [0.2, 0.25) is 0 Å². The lowest BCUT2D eigenvalue weighted by Gasteiger charge is -2.60. The van der Waals surface area contributed by atoms with Crippen molar-refractivity contribution in [2.75, 3.05) is 39.3 Å². The van der Waals surface area contributed by atoms with Crippen LogP contribution in [0, 0.1) is 23.2 Å². The zero-order chi connectivity index (χ0) is 19.6. The summed E-state index contributed by atoms with van der Waals surface area (Å²) in [6.45, 7) is 15.4. The molecule has 2 atom stereocenters. The summed E-state index contributed by atoms with van der Waals surface area (Å²) in [5.41, 5.74) is -0.0809. The van der Waals surface area contributed by atoms with Gasteiger partial charge in [0.05, 0.1) is 0 Å². The summed E-state index contributed by atoms with van der Waals surface area (Å²) in [6.07, 6.45) is 2.22. The molecule has 6 nitrogen and oxygen atoms in total. The van der Waals surface area contributed by atoms with Crippen LogP contribution in [0.5, 0.6) is 0 Å². The molecule has 0 N–H and O–H groups in total. The molecular formula is C21H35N3O3. The summed E-state index contributed by atoms with van der Waals surface area (Å²) in [5.74, 6) is 1.86. The smallest absolute Gasteiger partial charge is 0.410 e. The Hall–Kier alpha value is -1.30. The fourth-order valence-electron chi connectivity index (χ4n) is 5.64. The molecule has 1 spiro atoms. The molecular weight excluding hydrogens is 342 g/mol. The number of likely N-dealkylation sites (tertiary alicyclic amines) is 2. The molecule has 4 aliphatic rings. The van der Waals surface area contributed by atoms with Crippen molar-refractivity contribution in [2.24, 2.45) is 23.2 Å². The van der Waals surface area contributed by atoms with E-state index in [1.807, 2.05) is 30.6 Å². The third-order valence-electron chi connectivity index (χ3n) is 7.14. The van der Waals surface area contributed by atoms with Gasteiger partial charge in [0.2, 0.25) is 5.91 Å². The number of piperidine rings is 1. The van der Waals surface area contributed by atoms with E-state index in [4.69, 9.17) is 4.74 Å². The molecule has 4 rings (SSSR count). The molecule has 27 heavy (non-hydrogen) atoms. The normalized spacial score (nSPS) is 31.9. The number of nitrogens with zero attached hydrogens (tertiary/aromatic N) is 3. The van der Waals surface area contributed by atoms with Gasteiger partial charge < -0.3 is 14.5 Å². The maximum absolute atomic E-state index is 12.6. The molecule has 2 aliphatic carbocycles. The van der Waals surface area contributed by atoms with Crippen molar-refractivity contribution in [3.8, 4) is 0 Å². The molecule has 2 unspecified atom stereocenters. The van der Waals surface area contributed by atoms with Crippen molar-refractivity contribution in [3.05, 3.63) is 0 Å². The molecule has 0 aromatic heterocycles. The fourth-order valence-corrected chi connectivity index (χ4v) is 5.64. The highest BCUT2D eigenvalue weighted by atomic mass is 16.6. The average Bonchev–Trinajstić information content (AvgIpc) is 2.99. The van der Waals surface area contributed by atoms with E-state index in [1.54, 1.807) is 0 Å². The summed E-state index contributed by atoms with van der Waals surface area (Å²) in [4.78, 5) is 31.1. The van der Waals surface area contributed by atoms with Gasteiger partial charge in [-0.25, -0.2) is 4.79 Å². The minimum atomic E-state index is -0.419. The van der Waals surface area contributed by atoms with Gasteiger partial charge in [-0.3, -0.25) is 9.69 Å².